The molecule has 0 saturated carbocycles. The Bertz CT molecular complexity index is 733. The lowest BCUT2D eigenvalue weighted by Crippen LogP contribution is -2.35. The summed E-state index contributed by atoms with van der Waals surface area (Å²) in [6.45, 7) is 0.251. The zero-order valence-electron chi connectivity index (χ0n) is 14.3. The zero-order valence-corrected chi connectivity index (χ0v) is 14.3. The van der Waals surface area contributed by atoms with Crippen molar-refractivity contribution in [2.45, 2.75) is 37.6 Å². The van der Waals surface area contributed by atoms with Crippen molar-refractivity contribution >= 4 is 0 Å². The summed E-state index contributed by atoms with van der Waals surface area (Å²) in [6, 6.07) is 13.1. The fourth-order valence-corrected chi connectivity index (χ4v) is 3.26. The average molecular weight is 365 g/mol. The third kappa shape index (κ3) is 4.77. The first-order valence-corrected chi connectivity index (χ1v) is 8.73. The van der Waals surface area contributed by atoms with Crippen LogP contribution in [-0.4, -0.2) is 24.4 Å². The quantitative estimate of drug-likeness (QED) is 0.809. The van der Waals surface area contributed by atoms with Gasteiger partial charge in [0.2, 0.25) is 0 Å². The number of hydrogen-bond donors (Lipinski definition) is 2. The van der Waals surface area contributed by atoms with Gasteiger partial charge in [0.25, 0.3) is 0 Å². The fourth-order valence-electron chi connectivity index (χ4n) is 3.26. The first-order valence-electron chi connectivity index (χ1n) is 8.73. The van der Waals surface area contributed by atoms with E-state index in [0.717, 1.165) is 31.4 Å². The lowest BCUT2D eigenvalue weighted by atomic mass is 9.88. The Hall–Kier alpha value is -2.05. The second-order valence-electron chi connectivity index (χ2n) is 6.54. The number of fused-ring (bicyclic) bond motifs is 1. The van der Waals surface area contributed by atoms with Crippen LogP contribution < -0.4 is 10.1 Å². The lowest BCUT2D eigenvalue weighted by molar-refractivity contribution is -0.137. The van der Waals surface area contributed by atoms with Crippen molar-refractivity contribution in [3.8, 4) is 5.75 Å². The molecule has 0 aliphatic heterocycles. The Morgan fingerprint density at radius 1 is 1.15 bits per heavy atom. The van der Waals surface area contributed by atoms with Gasteiger partial charge in [-0.05, 0) is 48.6 Å². The Morgan fingerprint density at radius 2 is 1.96 bits per heavy atom. The third-order valence-electron chi connectivity index (χ3n) is 4.57. The smallest absolute Gasteiger partial charge is 0.416 e. The average Bonchev–Trinajstić information content (AvgIpc) is 2.64. The van der Waals surface area contributed by atoms with Gasteiger partial charge >= 0.3 is 6.18 Å². The van der Waals surface area contributed by atoms with Gasteiger partial charge in [0.15, 0.2) is 0 Å². The van der Waals surface area contributed by atoms with Crippen LogP contribution in [0.5, 0.6) is 5.75 Å². The predicted octanol–water partition coefficient (Wildman–Crippen LogP) is 4.11. The highest BCUT2D eigenvalue weighted by Gasteiger charge is 2.30. The van der Waals surface area contributed by atoms with E-state index in [1.54, 1.807) is 0 Å². The van der Waals surface area contributed by atoms with Crippen LogP contribution in [0.3, 0.4) is 0 Å². The monoisotopic (exact) mass is 365 g/mol. The molecule has 0 radical (unpaired) electrons. The largest absolute Gasteiger partial charge is 0.491 e. The Morgan fingerprint density at radius 3 is 2.77 bits per heavy atom. The Labute approximate surface area is 150 Å². The summed E-state index contributed by atoms with van der Waals surface area (Å²) in [5.74, 6) is 0.0990. The minimum atomic E-state index is -4.41. The van der Waals surface area contributed by atoms with Crippen molar-refractivity contribution in [3.05, 3.63) is 65.2 Å². The topological polar surface area (TPSA) is 41.5 Å². The fraction of sp³-hybridized carbons (Fsp3) is 0.400. The van der Waals surface area contributed by atoms with Gasteiger partial charge in [0, 0.05) is 12.6 Å². The van der Waals surface area contributed by atoms with Gasteiger partial charge in [0.05, 0.1) is 5.56 Å². The molecule has 0 spiro atoms. The number of alkyl halides is 3. The molecule has 2 N–H and O–H groups in total. The van der Waals surface area contributed by atoms with E-state index in [9.17, 15) is 18.3 Å². The molecule has 140 valence electrons. The molecular formula is C20H22F3NO2. The van der Waals surface area contributed by atoms with Crippen molar-refractivity contribution in [1.29, 1.82) is 0 Å². The molecule has 6 heteroatoms. The molecular weight excluding hydrogens is 343 g/mol. The van der Waals surface area contributed by atoms with Crippen LogP contribution in [0.25, 0.3) is 0 Å². The maximum Gasteiger partial charge on any atom is 0.416 e. The molecule has 0 amide bonds. The number of hydrogen-bond acceptors (Lipinski definition) is 3. The van der Waals surface area contributed by atoms with Crippen LogP contribution in [0.4, 0.5) is 13.2 Å². The number of halogens is 3. The third-order valence-corrected chi connectivity index (χ3v) is 4.57. The summed E-state index contributed by atoms with van der Waals surface area (Å²) < 4.78 is 43.4. The van der Waals surface area contributed by atoms with Crippen molar-refractivity contribution in [2.75, 3.05) is 13.2 Å². The maximum atomic E-state index is 12.7. The molecule has 1 aliphatic carbocycles. The van der Waals surface area contributed by atoms with Crippen LogP contribution in [0.1, 0.15) is 35.6 Å². The standard InChI is InChI=1S/C20H22F3NO2/c21-20(22,23)15-7-4-8-17(11-15)26-13-16(25)12-24-19-10-3-6-14-5-1-2-9-18(14)19/h1-2,4-5,7-9,11,16,19,24-25H,3,6,10,12-13H2. The predicted molar refractivity (Wildman–Crippen MR) is 93.1 cm³/mol. The van der Waals surface area contributed by atoms with Gasteiger partial charge < -0.3 is 15.2 Å². The SMILES string of the molecule is OC(CNC1CCCc2ccccc21)COc1cccc(C(F)(F)F)c1. The highest BCUT2D eigenvalue weighted by Crippen LogP contribution is 2.31. The van der Waals surface area contributed by atoms with E-state index in [-0.39, 0.29) is 18.4 Å². The molecule has 0 bridgehead atoms. The van der Waals surface area contributed by atoms with Crippen LogP contribution in [-0.2, 0) is 12.6 Å². The summed E-state index contributed by atoms with van der Waals surface area (Å²) in [6.07, 6.45) is -2.06. The second-order valence-corrected chi connectivity index (χ2v) is 6.54. The molecule has 0 heterocycles. The van der Waals surface area contributed by atoms with E-state index in [2.05, 4.69) is 17.4 Å². The number of aliphatic hydroxyl groups is 1. The molecule has 0 saturated heterocycles. The van der Waals surface area contributed by atoms with Gasteiger partial charge in [-0.1, -0.05) is 30.3 Å². The van der Waals surface area contributed by atoms with E-state index in [0.29, 0.717) is 6.54 Å². The van der Waals surface area contributed by atoms with Crippen molar-refractivity contribution in [1.82, 2.24) is 5.32 Å². The molecule has 26 heavy (non-hydrogen) atoms. The molecule has 0 aromatic heterocycles. The molecule has 2 unspecified atom stereocenters. The minimum Gasteiger partial charge on any atom is -0.491 e. The Balaban J connectivity index is 1.50. The highest BCUT2D eigenvalue weighted by molar-refractivity contribution is 5.32. The molecule has 1 aliphatic rings. The molecule has 3 rings (SSSR count). The van der Waals surface area contributed by atoms with Crippen LogP contribution in [0.15, 0.2) is 48.5 Å². The molecule has 0 fully saturated rings. The van der Waals surface area contributed by atoms with Crippen molar-refractivity contribution in [2.24, 2.45) is 0 Å². The first kappa shape index (κ1) is 18.7. The normalized spacial score (nSPS) is 18.2. The molecule has 2 aromatic rings. The number of benzene rings is 2. The van der Waals surface area contributed by atoms with Gasteiger partial charge in [0.1, 0.15) is 18.5 Å². The van der Waals surface area contributed by atoms with Crippen molar-refractivity contribution in [3.63, 3.8) is 0 Å². The molecule has 2 atom stereocenters. The van der Waals surface area contributed by atoms with E-state index in [4.69, 9.17) is 4.74 Å². The van der Waals surface area contributed by atoms with E-state index < -0.39 is 17.8 Å². The summed E-state index contributed by atoms with van der Waals surface area (Å²) >= 11 is 0. The maximum absolute atomic E-state index is 12.7. The van der Waals surface area contributed by atoms with E-state index in [1.165, 1.54) is 23.3 Å². The number of ether oxygens (including phenoxy) is 1. The van der Waals surface area contributed by atoms with E-state index >= 15 is 0 Å². The number of aryl methyl sites for hydroxylation is 1. The summed E-state index contributed by atoms with van der Waals surface area (Å²) in [7, 11) is 0. The van der Waals surface area contributed by atoms with Crippen LogP contribution in [0.2, 0.25) is 0 Å². The van der Waals surface area contributed by atoms with E-state index in [1.807, 2.05) is 12.1 Å². The van der Waals surface area contributed by atoms with Gasteiger partial charge in [-0.25, -0.2) is 0 Å². The number of rotatable bonds is 6. The zero-order chi connectivity index (χ0) is 18.6. The van der Waals surface area contributed by atoms with Crippen LogP contribution >= 0.6 is 0 Å². The van der Waals surface area contributed by atoms with Crippen LogP contribution in [0, 0.1) is 0 Å². The Kier molecular flexibility index (Phi) is 5.84. The summed E-state index contributed by atoms with van der Waals surface area (Å²) in [4.78, 5) is 0. The van der Waals surface area contributed by atoms with Gasteiger partial charge in [-0.3, -0.25) is 0 Å². The summed E-state index contributed by atoms with van der Waals surface area (Å²) in [5.41, 5.74) is 1.82. The number of aliphatic hydroxyl groups excluding tert-OH is 1. The molecule has 3 nitrogen and oxygen atoms in total. The molecule has 2 aromatic carbocycles. The second kappa shape index (κ2) is 8.10. The lowest BCUT2D eigenvalue weighted by Gasteiger charge is -2.27. The highest BCUT2D eigenvalue weighted by atomic mass is 19.4. The first-order chi connectivity index (χ1) is 12.4. The van der Waals surface area contributed by atoms with Crippen molar-refractivity contribution < 1.29 is 23.0 Å². The van der Waals surface area contributed by atoms with Gasteiger partial charge in [-0.15, -0.1) is 0 Å². The summed E-state index contributed by atoms with van der Waals surface area (Å²) in [5, 5.41) is 13.4. The number of nitrogens with one attached hydrogen (secondary N) is 1. The minimum absolute atomic E-state index is 0.0668. The van der Waals surface area contributed by atoms with Gasteiger partial charge in [-0.2, -0.15) is 13.2 Å².